The van der Waals surface area contributed by atoms with E-state index in [-0.39, 0.29) is 43.0 Å². The third-order valence-electron chi connectivity index (χ3n) is 9.35. The quantitative estimate of drug-likeness (QED) is 0.0784. The van der Waals surface area contributed by atoms with Crippen LogP contribution in [0.5, 0.6) is 0 Å². The fourth-order valence-electron chi connectivity index (χ4n) is 6.14. The summed E-state index contributed by atoms with van der Waals surface area (Å²) in [5.74, 6) is -0.957. The van der Waals surface area contributed by atoms with Crippen molar-refractivity contribution in [1.82, 2.24) is 4.90 Å². The lowest BCUT2D eigenvalue weighted by molar-refractivity contribution is -0.168. The first kappa shape index (κ1) is 40.4. The average molecular weight is 666 g/mol. The van der Waals surface area contributed by atoms with Crippen molar-refractivity contribution in [3.8, 4) is 0 Å². The first-order valence-corrected chi connectivity index (χ1v) is 16.6. The highest BCUT2D eigenvalue weighted by Crippen LogP contribution is 2.39. The molecule has 0 aliphatic carbocycles. The molecule has 0 spiro atoms. The Morgan fingerprint density at radius 3 is 2.43 bits per heavy atom. The molecule has 2 rings (SSSR count). The van der Waals surface area contributed by atoms with Crippen molar-refractivity contribution in [3.05, 3.63) is 36.0 Å². The van der Waals surface area contributed by atoms with Crippen molar-refractivity contribution >= 4 is 18.0 Å². The Kier molecular flexibility index (Phi) is 15.6. The van der Waals surface area contributed by atoms with Gasteiger partial charge in [-0.1, -0.05) is 45.1 Å². The lowest BCUT2D eigenvalue weighted by atomic mass is 9.88. The molecular weight excluding hydrogens is 606 g/mol. The van der Waals surface area contributed by atoms with Crippen LogP contribution in [0.25, 0.3) is 0 Å². The molecule has 0 radical (unpaired) electrons. The Bertz CT molecular complexity index is 1130. The molecule has 0 bridgehead atoms. The number of cyclic esters (lactones) is 1. The van der Waals surface area contributed by atoms with Gasteiger partial charge < -0.3 is 38.1 Å². The molecule has 268 valence electrons. The second-order valence-electron chi connectivity index (χ2n) is 13.5. The van der Waals surface area contributed by atoms with Crippen molar-refractivity contribution in [2.45, 2.75) is 128 Å². The molecule has 2 aliphatic rings. The number of carbonyl (C=O) groups is 3. The Labute approximate surface area is 281 Å². The lowest BCUT2D eigenvalue weighted by Gasteiger charge is -2.37. The van der Waals surface area contributed by atoms with E-state index in [1.165, 1.54) is 18.9 Å². The summed E-state index contributed by atoms with van der Waals surface area (Å²) in [6.07, 6.45) is 9.38. The second kappa shape index (κ2) is 18.1. The summed E-state index contributed by atoms with van der Waals surface area (Å²) in [6.45, 7) is 13.2. The number of nitrogens with zero attached hydrogens (tertiary/aromatic N) is 1. The van der Waals surface area contributed by atoms with Crippen molar-refractivity contribution in [1.29, 1.82) is 0 Å². The Morgan fingerprint density at radius 2 is 1.87 bits per heavy atom. The molecule has 11 nitrogen and oxygen atoms in total. The van der Waals surface area contributed by atoms with E-state index in [1.54, 1.807) is 41.3 Å². The van der Waals surface area contributed by atoms with Crippen LogP contribution in [0.3, 0.4) is 0 Å². The lowest BCUT2D eigenvalue weighted by Crippen LogP contribution is -2.47. The van der Waals surface area contributed by atoms with Crippen LogP contribution in [0.15, 0.2) is 36.0 Å². The molecule has 10 atom stereocenters. The van der Waals surface area contributed by atoms with Gasteiger partial charge in [-0.3, -0.25) is 9.59 Å². The second-order valence-corrected chi connectivity index (χ2v) is 13.5. The topological polar surface area (TPSA) is 122 Å². The zero-order valence-electron chi connectivity index (χ0n) is 30.6. The molecule has 47 heavy (non-hydrogen) atoms. The first-order chi connectivity index (χ1) is 22.0. The van der Waals surface area contributed by atoms with Gasteiger partial charge in [-0.05, 0) is 51.7 Å². The van der Waals surface area contributed by atoms with Crippen molar-refractivity contribution < 1.29 is 47.5 Å². The van der Waals surface area contributed by atoms with Crippen LogP contribution in [0.1, 0.15) is 80.6 Å². The molecule has 0 unspecified atom stereocenters. The molecule has 0 aromatic heterocycles. The van der Waals surface area contributed by atoms with Crippen LogP contribution >= 0.6 is 0 Å². The minimum absolute atomic E-state index is 0.00946. The maximum atomic E-state index is 13.2. The maximum absolute atomic E-state index is 13.2. The predicted octanol–water partition coefficient (Wildman–Crippen LogP) is 5.80. The molecule has 11 heteroatoms. The highest BCUT2D eigenvalue weighted by Gasteiger charge is 2.48. The van der Waals surface area contributed by atoms with E-state index in [0.29, 0.717) is 12.8 Å². The monoisotopic (exact) mass is 665 g/mol. The molecule has 2 aliphatic heterocycles. The van der Waals surface area contributed by atoms with Crippen molar-refractivity contribution in [2.75, 3.05) is 35.4 Å². The summed E-state index contributed by atoms with van der Waals surface area (Å²) in [5.41, 5.74) is -0.971. The number of methoxy groups -OCH3 is 3. The van der Waals surface area contributed by atoms with Gasteiger partial charge in [0.05, 0.1) is 36.4 Å². The zero-order valence-corrected chi connectivity index (χ0v) is 30.6. The molecule has 0 aromatic carbocycles. The highest BCUT2D eigenvalue weighted by atomic mass is 16.6. The average Bonchev–Trinajstić information content (AvgIpc) is 3.77. The number of allylic oxidation sites excluding steroid dienone is 2. The first-order valence-electron chi connectivity index (χ1n) is 16.6. The molecule has 1 fully saturated rings. The Morgan fingerprint density at radius 1 is 1.19 bits per heavy atom. The number of rotatable bonds is 13. The normalized spacial score (nSPS) is 32.2. The van der Waals surface area contributed by atoms with Gasteiger partial charge >= 0.3 is 18.0 Å². The van der Waals surface area contributed by atoms with Gasteiger partial charge in [0.1, 0.15) is 11.7 Å². The van der Waals surface area contributed by atoms with Crippen LogP contribution in [0.2, 0.25) is 0 Å². The maximum Gasteiger partial charge on any atom is 0.409 e. The van der Waals surface area contributed by atoms with Crippen LogP contribution in [-0.4, -0.2) is 106 Å². The number of hydrogen-bond donors (Lipinski definition) is 0. The van der Waals surface area contributed by atoms with Crippen molar-refractivity contribution in [2.24, 2.45) is 11.8 Å². The minimum atomic E-state index is -1.20. The van der Waals surface area contributed by atoms with Crippen LogP contribution in [0, 0.1) is 11.8 Å². The summed E-state index contributed by atoms with van der Waals surface area (Å²) < 4.78 is 40.8. The fraction of sp³-hybridized carbons (Fsp3) is 0.750. The number of ether oxygens (including phenoxy) is 7. The van der Waals surface area contributed by atoms with Gasteiger partial charge in [-0.15, -0.1) is 0 Å². The third kappa shape index (κ3) is 12.0. The molecule has 1 amide bonds. The number of amides is 1. The number of esters is 2. The number of carbonyl (C=O) groups excluding carboxylic acids is 3. The molecular formula is C36H59NO10. The van der Waals surface area contributed by atoms with E-state index in [1.807, 2.05) is 45.1 Å². The summed E-state index contributed by atoms with van der Waals surface area (Å²) in [6, 6.07) is 0. The van der Waals surface area contributed by atoms with Gasteiger partial charge in [0.2, 0.25) is 0 Å². The zero-order chi connectivity index (χ0) is 35.5. The Balaban J connectivity index is 2.36. The predicted molar refractivity (Wildman–Crippen MR) is 179 cm³/mol. The largest absolute Gasteiger partial charge is 0.457 e. The standard InChI is InChI=1S/C36H59NO10/c1-13-28(42-11)25(4)33-29(44-33)22-35(6,43-12)19-14-15-23(2)32-24(3)16-17-30(45-34(40)37(8)9)36(7,47-26(5)38)20-18-27(41-10)21-31(39)46-32/h14-17,19,24-25,27-30,32-33H,13,18,20-22H2,1-12H3/b17-16+,19-14+,23-15+/t24-,25+,27+,28-,29+,30-,32+,33+,35-,36+/m0/s1. The van der Waals surface area contributed by atoms with Crippen molar-refractivity contribution in [3.63, 3.8) is 0 Å². The van der Waals surface area contributed by atoms with Gasteiger partial charge in [-0.2, -0.15) is 0 Å². The fourth-order valence-corrected chi connectivity index (χ4v) is 6.14. The number of epoxide rings is 1. The van der Waals surface area contributed by atoms with E-state index >= 15 is 0 Å². The molecule has 0 saturated carbocycles. The van der Waals surface area contributed by atoms with E-state index < -0.39 is 47.5 Å². The minimum Gasteiger partial charge on any atom is -0.457 e. The van der Waals surface area contributed by atoms with E-state index in [0.717, 1.165) is 12.0 Å². The van der Waals surface area contributed by atoms with Gasteiger partial charge in [-0.25, -0.2) is 4.79 Å². The van der Waals surface area contributed by atoms with Crippen LogP contribution in [-0.2, 0) is 42.7 Å². The third-order valence-corrected chi connectivity index (χ3v) is 9.35. The molecule has 1 saturated heterocycles. The highest BCUT2D eigenvalue weighted by molar-refractivity contribution is 5.71. The number of hydrogen-bond acceptors (Lipinski definition) is 10. The molecule has 2 heterocycles. The van der Waals surface area contributed by atoms with E-state index in [4.69, 9.17) is 33.2 Å². The van der Waals surface area contributed by atoms with Crippen LogP contribution in [0.4, 0.5) is 4.79 Å². The molecule has 0 N–H and O–H groups in total. The SMILES string of the molecule is CC[C@H](OC)[C@@H](C)[C@H]1O[C@@H]1C[C@](C)(/C=C/C=C(\C)[C@H]1OC(=O)C[C@H](OC)CC[C@@](C)(OC(C)=O)[C@@H](OC(=O)N(C)C)/C=C/[C@@H]1C)OC. The van der Waals surface area contributed by atoms with Gasteiger partial charge in [0, 0.05) is 60.6 Å². The van der Waals surface area contributed by atoms with E-state index in [2.05, 4.69) is 13.8 Å². The summed E-state index contributed by atoms with van der Waals surface area (Å²) >= 11 is 0. The Hall–Kier alpha value is -2.73. The van der Waals surface area contributed by atoms with E-state index in [9.17, 15) is 14.4 Å². The smallest absolute Gasteiger partial charge is 0.409 e. The van der Waals surface area contributed by atoms with Gasteiger partial charge in [0.15, 0.2) is 6.10 Å². The summed E-state index contributed by atoms with van der Waals surface area (Å²) in [4.78, 5) is 39.3. The summed E-state index contributed by atoms with van der Waals surface area (Å²) in [5, 5.41) is 0. The summed E-state index contributed by atoms with van der Waals surface area (Å²) in [7, 11) is 8.11. The van der Waals surface area contributed by atoms with Gasteiger partial charge in [0.25, 0.3) is 0 Å². The molecule has 0 aromatic rings. The van der Waals surface area contributed by atoms with Crippen LogP contribution < -0.4 is 0 Å².